The van der Waals surface area contributed by atoms with Crippen molar-refractivity contribution in [3.63, 3.8) is 0 Å². The van der Waals surface area contributed by atoms with E-state index < -0.39 is 6.09 Å². The van der Waals surface area contributed by atoms with Gasteiger partial charge in [0.25, 0.3) is 0 Å². The zero-order valence-corrected chi connectivity index (χ0v) is 6.19. The fraction of sp³-hybridized carbons (Fsp3) is 0.857. The second kappa shape index (κ2) is 2.37. The van der Waals surface area contributed by atoms with Crippen LogP contribution in [0.1, 0.15) is 12.8 Å². The molecule has 2 rings (SSSR count). The molecule has 2 fully saturated rings. The van der Waals surface area contributed by atoms with Crippen molar-refractivity contribution >= 4 is 6.09 Å². The molecule has 0 aromatic heterocycles. The number of nitrogens with zero attached hydrogens (tertiary/aromatic N) is 1. The van der Waals surface area contributed by atoms with E-state index in [1.807, 2.05) is 0 Å². The molecule has 4 nitrogen and oxygen atoms in total. The first-order valence-corrected chi connectivity index (χ1v) is 3.91. The zero-order valence-electron chi connectivity index (χ0n) is 6.19. The highest BCUT2D eigenvalue weighted by atomic mass is 16.6. The van der Waals surface area contributed by atoms with Crippen molar-refractivity contribution in [2.75, 3.05) is 13.1 Å². The van der Waals surface area contributed by atoms with E-state index in [-0.39, 0.29) is 0 Å². The zero-order chi connectivity index (χ0) is 7.84. The molecular weight excluding hydrogens is 146 g/mol. The van der Waals surface area contributed by atoms with Gasteiger partial charge in [0.05, 0.1) is 12.2 Å². The topological polar surface area (TPSA) is 53.1 Å². The maximum Gasteiger partial charge on any atom is 0.407 e. The molecule has 1 amide bonds. The standard InChI is InChI=1S/C7H11NO3/c9-7(10)8-3-1-5-6(11-5)2-4-8/h5-6H,1-4H2,(H,9,10)/t5-,6+. The molecular formula is C7H11NO3. The fourth-order valence-corrected chi connectivity index (χ4v) is 1.56. The highest BCUT2D eigenvalue weighted by Gasteiger charge is 2.41. The summed E-state index contributed by atoms with van der Waals surface area (Å²) in [6.45, 7) is 1.27. The van der Waals surface area contributed by atoms with Gasteiger partial charge in [-0.3, -0.25) is 0 Å². The van der Waals surface area contributed by atoms with Crippen LogP contribution in [0.15, 0.2) is 0 Å². The fourth-order valence-electron chi connectivity index (χ4n) is 1.56. The van der Waals surface area contributed by atoms with Crippen molar-refractivity contribution in [3.8, 4) is 0 Å². The van der Waals surface area contributed by atoms with Crippen LogP contribution in [0.3, 0.4) is 0 Å². The van der Waals surface area contributed by atoms with Gasteiger partial charge in [0, 0.05) is 13.1 Å². The molecule has 4 heteroatoms. The van der Waals surface area contributed by atoms with Gasteiger partial charge in [0.2, 0.25) is 0 Å². The minimum atomic E-state index is -0.800. The van der Waals surface area contributed by atoms with E-state index in [2.05, 4.69) is 0 Å². The number of carbonyl (C=O) groups is 1. The molecule has 1 N–H and O–H groups in total. The van der Waals surface area contributed by atoms with Crippen molar-refractivity contribution < 1.29 is 14.6 Å². The molecule has 2 heterocycles. The summed E-state index contributed by atoms with van der Waals surface area (Å²) in [5.74, 6) is 0. The molecule has 62 valence electrons. The Labute approximate surface area is 64.7 Å². The Hall–Kier alpha value is -0.770. The number of carboxylic acid groups (broad SMARTS) is 1. The number of likely N-dealkylation sites (tertiary alicyclic amines) is 1. The molecule has 0 radical (unpaired) electrons. The first-order chi connectivity index (χ1) is 5.27. The minimum Gasteiger partial charge on any atom is -0.465 e. The van der Waals surface area contributed by atoms with Crippen LogP contribution < -0.4 is 0 Å². The van der Waals surface area contributed by atoms with Crippen molar-refractivity contribution in [1.82, 2.24) is 4.90 Å². The van der Waals surface area contributed by atoms with Gasteiger partial charge in [-0.2, -0.15) is 0 Å². The van der Waals surface area contributed by atoms with Crippen molar-refractivity contribution in [2.24, 2.45) is 0 Å². The first kappa shape index (κ1) is 6.91. The monoisotopic (exact) mass is 157 g/mol. The summed E-state index contributed by atoms with van der Waals surface area (Å²) in [5, 5.41) is 8.65. The first-order valence-electron chi connectivity index (χ1n) is 3.91. The summed E-state index contributed by atoms with van der Waals surface area (Å²) in [7, 11) is 0. The van der Waals surface area contributed by atoms with Crippen molar-refractivity contribution in [3.05, 3.63) is 0 Å². The van der Waals surface area contributed by atoms with E-state index in [1.165, 1.54) is 4.90 Å². The number of rotatable bonds is 0. The highest BCUT2D eigenvalue weighted by molar-refractivity contribution is 5.64. The summed E-state index contributed by atoms with van der Waals surface area (Å²) < 4.78 is 5.27. The van der Waals surface area contributed by atoms with Crippen molar-refractivity contribution in [2.45, 2.75) is 25.0 Å². The summed E-state index contributed by atoms with van der Waals surface area (Å²) in [4.78, 5) is 12.0. The Morgan fingerprint density at radius 2 is 1.91 bits per heavy atom. The molecule has 0 unspecified atom stereocenters. The number of hydrogen-bond donors (Lipinski definition) is 1. The van der Waals surface area contributed by atoms with Gasteiger partial charge < -0.3 is 14.7 Å². The summed E-state index contributed by atoms with van der Waals surface area (Å²) in [5.41, 5.74) is 0. The lowest BCUT2D eigenvalue weighted by Crippen LogP contribution is -2.31. The number of amides is 1. The molecule has 11 heavy (non-hydrogen) atoms. The maximum absolute atomic E-state index is 10.5. The molecule has 0 saturated carbocycles. The van der Waals surface area contributed by atoms with Gasteiger partial charge in [-0.1, -0.05) is 0 Å². The molecule has 2 atom stereocenters. The molecule has 2 aliphatic heterocycles. The van der Waals surface area contributed by atoms with Gasteiger partial charge in [-0.15, -0.1) is 0 Å². The molecule has 0 spiro atoms. The molecule has 0 bridgehead atoms. The predicted molar refractivity (Wildman–Crippen MR) is 37.5 cm³/mol. The molecule has 2 saturated heterocycles. The number of fused-ring (bicyclic) bond motifs is 1. The Morgan fingerprint density at radius 3 is 2.36 bits per heavy atom. The summed E-state index contributed by atoms with van der Waals surface area (Å²) in [6, 6.07) is 0. The summed E-state index contributed by atoms with van der Waals surface area (Å²) >= 11 is 0. The van der Waals surface area contributed by atoms with E-state index in [0.717, 1.165) is 12.8 Å². The number of epoxide rings is 1. The van der Waals surface area contributed by atoms with E-state index in [4.69, 9.17) is 9.84 Å². The third-order valence-electron chi connectivity index (χ3n) is 2.33. The average Bonchev–Trinajstić information content (AvgIpc) is 2.60. The number of hydrogen-bond acceptors (Lipinski definition) is 2. The van der Waals surface area contributed by atoms with Gasteiger partial charge in [-0.25, -0.2) is 4.79 Å². The van der Waals surface area contributed by atoms with E-state index in [0.29, 0.717) is 25.3 Å². The van der Waals surface area contributed by atoms with Crippen LogP contribution in [0.5, 0.6) is 0 Å². The number of ether oxygens (including phenoxy) is 1. The van der Waals surface area contributed by atoms with E-state index in [9.17, 15) is 4.79 Å². The highest BCUT2D eigenvalue weighted by Crippen LogP contribution is 2.31. The van der Waals surface area contributed by atoms with Crippen LogP contribution in [0.4, 0.5) is 4.79 Å². The quantitative estimate of drug-likeness (QED) is 0.522. The van der Waals surface area contributed by atoms with E-state index in [1.54, 1.807) is 0 Å². The second-order valence-electron chi connectivity index (χ2n) is 3.06. The Bertz CT molecular complexity index is 171. The third-order valence-corrected chi connectivity index (χ3v) is 2.33. The average molecular weight is 157 g/mol. The van der Waals surface area contributed by atoms with Crippen molar-refractivity contribution in [1.29, 1.82) is 0 Å². The van der Waals surface area contributed by atoms with E-state index >= 15 is 0 Å². The SMILES string of the molecule is O=C(O)N1CC[C@@H]2O[C@@H]2CC1. The third kappa shape index (κ3) is 1.30. The van der Waals surface area contributed by atoms with Gasteiger partial charge in [0.1, 0.15) is 0 Å². The molecule has 0 aromatic rings. The Balaban J connectivity index is 1.91. The normalized spacial score (nSPS) is 35.8. The lowest BCUT2D eigenvalue weighted by molar-refractivity contribution is 0.140. The van der Waals surface area contributed by atoms with Gasteiger partial charge in [-0.05, 0) is 12.8 Å². The van der Waals surface area contributed by atoms with Crippen LogP contribution >= 0.6 is 0 Å². The minimum absolute atomic E-state index is 0.361. The van der Waals surface area contributed by atoms with Crippen LogP contribution in [-0.4, -0.2) is 41.4 Å². The van der Waals surface area contributed by atoms with Crippen LogP contribution in [0, 0.1) is 0 Å². The van der Waals surface area contributed by atoms with Crippen LogP contribution in [0.2, 0.25) is 0 Å². The predicted octanol–water partition coefficient (Wildman–Crippen LogP) is 0.528. The Morgan fingerprint density at radius 1 is 1.36 bits per heavy atom. The Kier molecular flexibility index (Phi) is 1.49. The molecule has 0 aromatic carbocycles. The van der Waals surface area contributed by atoms with Crippen LogP contribution in [-0.2, 0) is 4.74 Å². The smallest absolute Gasteiger partial charge is 0.407 e. The lowest BCUT2D eigenvalue weighted by Gasteiger charge is -2.15. The maximum atomic E-state index is 10.5. The summed E-state index contributed by atoms with van der Waals surface area (Å²) in [6.07, 6.45) is 1.67. The van der Waals surface area contributed by atoms with Gasteiger partial charge >= 0.3 is 6.09 Å². The van der Waals surface area contributed by atoms with Crippen LogP contribution in [0.25, 0.3) is 0 Å². The molecule has 0 aliphatic carbocycles. The lowest BCUT2D eigenvalue weighted by atomic mass is 10.2. The largest absolute Gasteiger partial charge is 0.465 e. The van der Waals surface area contributed by atoms with Gasteiger partial charge in [0.15, 0.2) is 0 Å². The second-order valence-corrected chi connectivity index (χ2v) is 3.06. The molecule has 2 aliphatic rings.